The molecule has 0 aromatic heterocycles. The maximum atomic E-state index is 10.2. The second kappa shape index (κ2) is 4.36. The zero-order valence-electron chi connectivity index (χ0n) is 6.99. The Morgan fingerprint density at radius 2 is 2.62 bits per heavy atom. The average Bonchev–Trinajstić information content (AvgIpc) is 2.08. The van der Waals surface area contributed by atoms with Crippen LogP contribution in [0.3, 0.4) is 0 Å². The predicted octanol–water partition coefficient (Wildman–Crippen LogP) is 0.840. The minimum Gasteiger partial charge on any atom is -0.495 e. The van der Waals surface area contributed by atoms with Crippen molar-refractivity contribution in [3.8, 4) is 6.07 Å². The van der Waals surface area contributed by atoms with Crippen LogP contribution in [0.25, 0.3) is 0 Å². The molecule has 1 fully saturated rings. The van der Waals surface area contributed by atoms with Crippen molar-refractivity contribution in [3.05, 3.63) is 11.8 Å². The maximum absolute atomic E-state index is 10.2. The van der Waals surface area contributed by atoms with Gasteiger partial charge in [0.15, 0.2) is 0 Å². The second-order valence-corrected chi connectivity index (χ2v) is 2.74. The number of carbonyl (C=O) groups is 1. The monoisotopic (exact) mass is 182 g/mol. The molecule has 5 nitrogen and oxygen atoms in total. The molecule has 0 aliphatic carbocycles. The molecule has 1 unspecified atom stereocenters. The highest BCUT2D eigenvalue weighted by Gasteiger charge is 2.18. The molecule has 1 heterocycles. The van der Waals surface area contributed by atoms with E-state index in [0.29, 0.717) is 25.2 Å². The van der Waals surface area contributed by atoms with Crippen LogP contribution < -0.4 is 5.32 Å². The topological polar surface area (TPSA) is 82.4 Å². The number of nitrogens with one attached hydrogen (secondary N) is 1. The first-order chi connectivity index (χ1) is 6.22. The van der Waals surface area contributed by atoms with Gasteiger partial charge >= 0.3 is 6.09 Å². The van der Waals surface area contributed by atoms with Crippen LogP contribution in [-0.4, -0.2) is 23.8 Å². The third kappa shape index (κ3) is 3.03. The van der Waals surface area contributed by atoms with Gasteiger partial charge in [-0.2, -0.15) is 5.26 Å². The molecule has 2 N–H and O–H groups in total. The SMILES string of the molecule is N#CC=C1CCC(NC(=O)O)CO1. The maximum Gasteiger partial charge on any atom is 0.404 e. The van der Waals surface area contributed by atoms with E-state index in [9.17, 15) is 4.79 Å². The molecule has 70 valence electrons. The van der Waals surface area contributed by atoms with Crippen molar-refractivity contribution in [2.75, 3.05) is 6.61 Å². The van der Waals surface area contributed by atoms with Crippen LogP contribution in [0.5, 0.6) is 0 Å². The molecule has 1 aliphatic heterocycles. The highest BCUT2D eigenvalue weighted by atomic mass is 16.5. The summed E-state index contributed by atoms with van der Waals surface area (Å²) in [4.78, 5) is 10.2. The molecule has 1 saturated heterocycles. The van der Waals surface area contributed by atoms with Crippen molar-refractivity contribution in [1.29, 1.82) is 5.26 Å². The first-order valence-electron chi connectivity index (χ1n) is 3.93. The van der Waals surface area contributed by atoms with E-state index in [1.807, 2.05) is 6.07 Å². The van der Waals surface area contributed by atoms with Gasteiger partial charge in [0.1, 0.15) is 12.4 Å². The number of hydrogen-bond donors (Lipinski definition) is 2. The number of hydrogen-bond acceptors (Lipinski definition) is 3. The van der Waals surface area contributed by atoms with Crippen molar-refractivity contribution in [3.63, 3.8) is 0 Å². The summed E-state index contributed by atoms with van der Waals surface area (Å²) in [6, 6.07) is 1.71. The van der Waals surface area contributed by atoms with Crippen LogP contribution in [0.1, 0.15) is 12.8 Å². The van der Waals surface area contributed by atoms with Gasteiger partial charge in [0.05, 0.1) is 18.2 Å². The van der Waals surface area contributed by atoms with Crippen LogP contribution in [0.15, 0.2) is 11.8 Å². The van der Waals surface area contributed by atoms with Crippen molar-refractivity contribution in [1.82, 2.24) is 5.32 Å². The summed E-state index contributed by atoms with van der Waals surface area (Å²) in [5, 5.41) is 19.0. The quantitative estimate of drug-likeness (QED) is 0.588. The van der Waals surface area contributed by atoms with Crippen molar-refractivity contribution >= 4 is 6.09 Å². The molecule has 1 amide bonds. The van der Waals surface area contributed by atoms with Gasteiger partial charge in [-0.1, -0.05) is 0 Å². The lowest BCUT2D eigenvalue weighted by molar-refractivity contribution is 0.125. The fraction of sp³-hybridized carbons (Fsp3) is 0.500. The van der Waals surface area contributed by atoms with Gasteiger partial charge in [0.2, 0.25) is 0 Å². The number of nitrogens with zero attached hydrogens (tertiary/aromatic N) is 1. The lowest BCUT2D eigenvalue weighted by Gasteiger charge is -2.23. The molecular formula is C8H10N2O3. The molecule has 0 aromatic carbocycles. The highest BCUT2D eigenvalue weighted by Crippen LogP contribution is 2.16. The predicted molar refractivity (Wildman–Crippen MR) is 43.8 cm³/mol. The van der Waals surface area contributed by atoms with E-state index >= 15 is 0 Å². The fourth-order valence-electron chi connectivity index (χ4n) is 1.15. The van der Waals surface area contributed by atoms with E-state index in [4.69, 9.17) is 15.1 Å². The second-order valence-electron chi connectivity index (χ2n) is 2.74. The van der Waals surface area contributed by atoms with Crippen molar-refractivity contribution in [2.24, 2.45) is 0 Å². The molecular weight excluding hydrogens is 172 g/mol. The van der Waals surface area contributed by atoms with Crippen LogP contribution in [0.4, 0.5) is 4.79 Å². The Morgan fingerprint density at radius 1 is 1.85 bits per heavy atom. The van der Waals surface area contributed by atoms with Gasteiger partial charge in [-0.25, -0.2) is 4.79 Å². The van der Waals surface area contributed by atoms with Crippen molar-refractivity contribution in [2.45, 2.75) is 18.9 Å². The third-order valence-corrected chi connectivity index (χ3v) is 1.76. The summed E-state index contributed by atoms with van der Waals surface area (Å²) in [6.45, 7) is 0.305. The summed E-state index contributed by atoms with van der Waals surface area (Å²) in [6.07, 6.45) is 1.59. The van der Waals surface area contributed by atoms with E-state index in [1.54, 1.807) is 0 Å². The Balaban J connectivity index is 2.35. The van der Waals surface area contributed by atoms with E-state index in [0.717, 1.165) is 0 Å². The Bertz CT molecular complexity index is 257. The van der Waals surface area contributed by atoms with Gasteiger partial charge in [0, 0.05) is 6.42 Å². The molecule has 0 bridgehead atoms. The molecule has 0 saturated carbocycles. The van der Waals surface area contributed by atoms with E-state index in [1.165, 1.54) is 6.08 Å². The number of rotatable bonds is 1. The van der Waals surface area contributed by atoms with Gasteiger partial charge in [-0.05, 0) is 6.42 Å². The molecule has 1 rings (SSSR count). The molecule has 0 radical (unpaired) electrons. The van der Waals surface area contributed by atoms with E-state index in [-0.39, 0.29) is 6.04 Å². The smallest absolute Gasteiger partial charge is 0.404 e. The number of allylic oxidation sites excluding steroid dienone is 2. The summed E-state index contributed by atoms with van der Waals surface area (Å²) >= 11 is 0. The Kier molecular flexibility index (Phi) is 3.15. The Labute approximate surface area is 75.6 Å². The van der Waals surface area contributed by atoms with E-state index in [2.05, 4.69) is 5.32 Å². The minimum atomic E-state index is -1.04. The van der Waals surface area contributed by atoms with Crippen LogP contribution >= 0.6 is 0 Å². The van der Waals surface area contributed by atoms with Gasteiger partial charge in [0.25, 0.3) is 0 Å². The summed E-state index contributed by atoms with van der Waals surface area (Å²) in [5.74, 6) is 0.630. The Morgan fingerprint density at radius 3 is 3.08 bits per heavy atom. The van der Waals surface area contributed by atoms with Crippen LogP contribution in [0.2, 0.25) is 0 Å². The lowest BCUT2D eigenvalue weighted by Crippen LogP contribution is -2.39. The standard InChI is InChI=1S/C8H10N2O3/c9-4-3-7-2-1-6(5-13-7)10-8(11)12/h3,6,10H,1-2,5H2,(H,11,12). The first kappa shape index (κ1) is 9.39. The van der Waals surface area contributed by atoms with Crippen molar-refractivity contribution < 1.29 is 14.6 Å². The first-order valence-corrected chi connectivity index (χ1v) is 3.93. The highest BCUT2D eigenvalue weighted by molar-refractivity contribution is 5.64. The number of amides is 1. The van der Waals surface area contributed by atoms with Gasteiger partial charge < -0.3 is 15.2 Å². The fourth-order valence-corrected chi connectivity index (χ4v) is 1.15. The average molecular weight is 182 g/mol. The zero-order chi connectivity index (χ0) is 9.68. The lowest BCUT2D eigenvalue weighted by atomic mass is 10.1. The number of nitriles is 1. The molecule has 1 aliphatic rings. The molecule has 0 spiro atoms. The zero-order valence-corrected chi connectivity index (χ0v) is 6.99. The molecule has 5 heteroatoms. The largest absolute Gasteiger partial charge is 0.495 e. The normalized spacial score (nSPS) is 24.5. The molecule has 1 atom stereocenters. The van der Waals surface area contributed by atoms with Crippen LogP contribution in [-0.2, 0) is 4.74 Å². The summed E-state index contributed by atoms with van der Waals surface area (Å²) < 4.78 is 5.14. The Hall–Kier alpha value is -1.70. The third-order valence-electron chi connectivity index (χ3n) is 1.76. The number of ether oxygens (including phenoxy) is 1. The van der Waals surface area contributed by atoms with Gasteiger partial charge in [-0.15, -0.1) is 0 Å². The van der Waals surface area contributed by atoms with Gasteiger partial charge in [-0.3, -0.25) is 0 Å². The molecule has 13 heavy (non-hydrogen) atoms. The number of carboxylic acid groups (broad SMARTS) is 1. The summed E-state index contributed by atoms with van der Waals surface area (Å²) in [7, 11) is 0. The molecule has 0 aromatic rings. The minimum absolute atomic E-state index is 0.159. The van der Waals surface area contributed by atoms with Crippen LogP contribution in [0, 0.1) is 11.3 Å². The van der Waals surface area contributed by atoms with E-state index < -0.39 is 6.09 Å². The summed E-state index contributed by atoms with van der Waals surface area (Å²) in [5.41, 5.74) is 0.